The van der Waals surface area contributed by atoms with Crippen LogP contribution in [0.4, 0.5) is 0 Å². The van der Waals surface area contributed by atoms with Crippen molar-refractivity contribution in [2.24, 2.45) is 0 Å². The smallest absolute Gasteiger partial charge is 0.0669 e. The van der Waals surface area contributed by atoms with Gasteiger partial charge >= 0.3 is 0 Å². The monoisotopic (exact) mass is 117 g/mol. The third-order valence-corrected chi connectivity index (χ3v) is 1.02. The molecule has 8 heavy (non-hydrogen) atoms. The van der Waals surface area contributed by atoms with Gasteiger partial charge in [0, 0.05) is 13.7 Å². The van der Waals surface area contributed by atoms with E-state index in [-0.39, 0.29) is 0 Å². The van der Waals surface area contributed by atoms with Gasteiger partial charge in [0.15, 0.2) is 0 Å². The predicted octanol–water partition coefficient (Wildman–Crippen LogP) is 0.583. The highest BCUT2D eigenvalue weighted by Gasteiger charge is 1.98. The number of hydrogen-bond donors (Lipinski definition) is 0. The zero-order valence-electron chi connectivity index (χ0n) is 6.14. The van der Waals surface area contributed by atoms with Gasteiger partial charge in [0.2, 0.25) is 0 Å². The molecule has 0 heterocycles. The van der Waals surface area contributed by atoms with Crippen LogP contribution in [0.2, 0.25) is 0 Å². The van der Waals surface area contributed by atoms with Gasteiger partial charge in [-0.1, -0.05) is 0 Å². The maximum atomic E-state index is 5.02. The molecule has 0 aromatic rings. The van der Waals surface area contributed by atoms with Crippen molar-refractivity contribution in [1.82, 2.24) is 4.90 Å². The van der Waals surface area contributed by atoms with Crippen molar-refractivity contribution >= 4 is 0 Å². The Morgan fingerprint density at radius 3 is 2.12 bits per heavy atom. The Balaban J connectivity index is 3.10. The van der Waals surface area contributed by atoms with E-state index in [9.17, 15) is 0 Å². The minimum atomic E-state index is 0.352. The second-order valence-electron chi connectivity index (χ2n) is 2.31. The maximum Gasteiger partial charge on any atom is 0.0669 e. The fourth-order valence-electron chi connectivity index (χ4n) is 0.589. The van der Waals surface area contributed by atoms with E-state index in [0.29, 0.717) is 6.10 Å². The molecule has 0 bridgehead atoms. The predicted molar refractivity (Wildman–Crippen MR) is 35.0 cm³/mol. The highest BCUT2D eigenvalue weighted by molar-refractivity contribution is 4.50. The first-order chi connectivity index (χ1) is 3.66. The highest BCUT2D eigenvalue weighted by atomic mass is 16.5. The number of rotatable bonds is 3. The molecular formula is C6H15NO. The van der Waals surface area contributed by atoms with Crippen LogP contribution in [-0.2, 0) is 4.74 Å². The normalized spacial score (nSPS) is 14.6. The van der Waals surface area contributed by atoms with E-state index in [1.54, 1.807) is 7.11 Å². The number of likely N-dealkylation sites (N-methyl/N-ethyl adjacent to an activating group) is 1. The lowest BCUT2D eigenvalue weighted by molar-refractivity contribution is 0.0929. The summed E-state index contributed by atoms with van der Waals surface area (Å²) in [5.74, 6) is 0. The molecule has 0 radical (unpaired) electrons. The van der Waals surface area contributed by atoms with Crippen molar-refractivity contribution in [2.75, 3.05) is 27.7 Å². The van der Waals surface area contributed by atoms with Crippen LogP contribution >= 0.6 is 0 Å². The molecular weight excluding hydrogens is 102 g/mol. The van der Waals surface area contributed by atoms with E-state index in [1.807, 2.05) is 14.1 Å². The molecule has 0 rings (SSSR count). The summed E-state index contributed by atoms with van der Waals surface area (Å²) in [6.45, 7) is 3.05. The Morgan fingerprint density at radius 1 is 1.50 bits per heavy atom. The Labute approximate surface area is 51.4 Å². The largest absolute Gasteiger partial charge is 0.380 e. The van der Waals surface area contributed by atoms with Crippen molar-refractivity contribution in [3.05, 3.63) is 0 Å². The summed E-state index contributed by atoms with van der Waals surface area (Å²) in [6, 6.07) is 0. The average molecular weight is 117 g/mol. The molecule has 0 amide bonds. The summed E-state index contributed by atoms with van der Waals surface area (Å²) < 4.78 is 5.02. The summed E-state index contributed by atoms with van der Waals surface area (Å²) in [5, 5.41) is 0. The van der Waals surface area contributed by atoms with E-state index >= 15 is 0 Å². The molecule has 0 unspecified atom stereocenters. The van der Waals surface area contributed by atoms with E-state index < -0.39 is 0 Å². The fraction of sp³-hybridized carbons (Fsp3) is 1.00. The van der Waals surface area contributed by atoms with Crippen molar-refractivity contribution in [3.8, 4) is 0 Å². The molecule has 0 aromatic carbocycles. The molecule has 0 saturated heterocycles. The van der Waals surface area contributed by atoms with Crippen LogP contribution in [0.5, 0.6) is 0 Å². The van der Waals surface area contributed by atoms with Crippen LogP contribution in [0.3, 0.4) is 0 Å². The lowest BCUT2D eigenvalue weighted by Crippen LogP contribution is -2.24. The fourth-order valence-corrected chi connectivity index (χ4v) is 0.589. The first-order valence-electron chi connectivity index (χ1n) is 2.84. The topological polar surface area (TPSA) is 12.5 Å². The number of hydrogen-bond acceptors (Lipinski definition) is 2. The summed E-state index contributed by atoms with van der Waals surface area (Å²) in [6.07, 6.45) is 0.352. The third kappa shape index (κ3) is 4.09. The Morgan fingerprint density at radius 2 is 2.00 bits per heavy atom. The second-order valence-corrected chi connectivity index (χ2v) is 2.31. The van der Waals surface area contributed by atoms with Crippen LogP contribution < -0.4 is 0 Å². The zero-order valence-corrected chi connectivity index (χ0v) is 6.14. The molecule has 2 nitrogen and oxygen atoms in total. The Hall–Kier alpha value is -0.0800. The van der Waals surface area contributed by atoms with Gasteiger partial charge in [-0.3, -0.25) is 0 Å². The van der Waals surface area contributed by atoms with Crippen LogP contribution in [0, 0.1) is 0 Å². The average Bonchev–Trinajstić information content (AvgIpc) is 1.65. The zero-order chi connectivity index (χ0) is 6.57. The molecule has 1 atom stereocenters. The van der Waals surface area contributed by atoms with Gasteiger partial charge in [-0.25, -0.2) is 0 Å². The van der Waals surface area contributed by atoms with Crippen LogP contribution in [0.25, 0.3) is 0 Å². The van der Waals surface area contributed by atoms with Gasteiger partial charge < -0.3 is 9.64 Å². The first-order valence-corrected chi connectivity index (χ1v) is 2.84. The van der Waals surface area contributed by atoms with Gasteiger partial charge in [-0.05, 0) is 21.0 Å². The molecule has 0 fully saturated rings. The lowest BCUT2D eigenvalue weighted by atomic mass is 10.4. The van der Waals surface area contributed by atoms with Crippen molar-refractivity contribution in [3.63, 3.8) is 0 Å². The molecule has 0 N–H and O–H groups in total. The summed E-state index contributed by atoms with van der Waals surface area (Å²) in [4.78, 5) is 2.11. The number of methoxy groups -OCH3 is 1. The minimum Gasteiger partial charge on any atom is -0.380 e. The van der Waals surface area contributed by atoms with Crippen molar-refractivity contribution in [2.45, 2.75) is 13.0 Å². The van der Waals surface area contributed by atoms with Gasteiger partial charge in [-0.15, -0.1) is 0 Å². The van der Waals surface area contributed by atoms with E-state index in [4.69, 9.17) is 4.74 Å². The molecule has 2 heteroatoms. The van der Waals surface area contributed by atoms with E-state index in [2.05, 4.69) is 11.8 Å². The third-order valence-electron chi connectivity index (χ3n) is 1.02. The summed E-state index contributed by atoms with van der Waals surface area (Å²) in [5.41, 5.74) is 0. The number of ether oxygens (including phenoxy) is 1. The Bertz CT molecular complexity index is 54.5. The summed E-state index contributed by atoms with van der Waals surface area (Å²) >= 11 is 0. The molecule has 0 aliphatic rings. The van der Waals surface area contributed by atoms with Crippen LogP contribution in [0.1, 0.15) is 6.92 Å². The van der Waals surface area contributed by atoms with Gasteiger partial charge in [0.05, 0.1) is 6.10 Å². The first kappa shape index (κ1) is 7.92. The van der Waals surface area contributed by atoms with E-state index in [0.717, 1.165) is 6.54 Å². The quantitative estimate of drug-likeness (QED) is 0.536. The van der Waals surface area contributed by atoms with Gasteiger partial charge in [-0.2, -0.15) is 0 Å². The SMILES string of the molecule is CO[C@H](C)CN(C)C. The molecule has 0 aliphatic carbocycles. The van der Waals surface area contributed by atoms with Crippen molar-refractivity contribution in [1.29, 1.82) is 0 Å². The molecule has 0 aromatic heterocycles. The highest BCUT2D eigenvalue weighted by Crippen LogP contribution is 1.87. The standard InChI is InChI=1S/C6H15NO/c1-6(8-4)5-7(2)3/h6H,5H2,1-4H3/t6-/m1/s1. The molecule has 50 valence electrons. The summed E-state index contributed by atoms with van der Waals surface area (Å²) in [7, 11) is 5.80. The van der Waals surface area contributed by atoms with Gasteiger partial charge in [0.1, 0.15) is 0 Å². The van der Waals surface area contributed by atoms with Crippen LogP contribution in [-0.4, -0.2) is 38.8 Å². The van der Waals surface area contributed by atoms with Gasteiger partial charge in [0.25, 0.3) is 0 Å². The molecule has 0 saturated carbocycles. The van der Waals surface area contributed by atoms with Crippen molar-refractivity contribution < 1.29 is 4.74 Å². The van der Waals surface area contributed by atoms with E-state index in [1.165, 1.54) is 0 Å². The molecule has 0 spiro atoms. The Kier molecular flexibility index (Phi) is 3.83. The molecule has 0 aliphatic heterocycles. The maximum absolute atomic E-state index is 5.02. The van der Waals surface area contributed by atoms with Crippen LogP contribution in [0.15, 0.2) is 0 Å². The minimum absolute atomic E-state index is 0.352. The number of nitrogens with zero attached hydrogens (tertiary/aromatic N) is 1. The second kappa shape index (κ2) is 3.87. The lowest BCUT2D eigenvalue weighted by Gasteiger charge is -2.14.